The number of benzene rings is 3. The molecule has 0 aliphatic carbocycles. The summed E-state index contributed by atoms with van der Waals surface area (Å²) in [5.74, 6) is 1.38. The van der Waals surface area contributed by atoms with Crippen LogP contribution in [0.15, 0.2) is 109 Å². The highest BCUT2D eigenvalue weighted by atomic mass is 16.6. The molecule has 3 unspecified atom stereocenters. The number of para-hydroxylation sites is 2. The number of hydrogen-bond acceptors (Lipinski definition) is 13. The molecule has 0 aromatic heterocycles. The molecule has 3 rings (SSSR count). The highest BCUT2D eigenvalue weighted by molar-refractivity contribution is 5.87. The lowest BCUT2D eigenvalue weighted by molar-refractivity contribution is -0.168. The Balaban J connectivity index is 1.49. The third-order valence-corrected chi connectivity index (χ3v) is 8.02. The van der Waals surface area contributed by atoms with Gasteiger partial charge in [0.1, 0.15) is 55.5 Å². The summed E-state index contributed by atoms with van der Waals surface area (Å²) in [6.45, 7) is 12.0. The average Bonchev–Trinajstić information content (AvgIpc) is 3.22. The largest absolute Gasteiger partial charge is 0.491 e. The molecular formula is C44H58N2O12. The van der Waals surface area contributed by atoms with Crippen LogP contribution in [-0.2, 0) is 28.5 Å². The molecule has 3 aromatic rings. The molecule has 316 valence electrons. The van der Waals surface area contributed by atoms with Gasteiger partial charge in [-0.05, 0) is 95.3 Å². The summed E-state index contributed by atoms with van der Waals surface area (Å²) in [5.41, 5.74) is 0.719. The van der Waals surface area contributed by atoms with Gasteiger partial charge >= 0.3 is 18.0 Å². The zero-order chi connectivity index (χ0) is 41.8. The van der Waals surface area contributed by atoms with Gasteiger partial charge < -0.3 is 48.3 Å². The maximum Gasteiger partial charge on any atom is 0.407 e. The molecule has 0 radical (unpaired) electrons. The van der Waals surface area contributed by atoms with Crippen molar-refractivity contribution in [2.75, 3.05) is 52.7 Å². The molecule has 0 aliphatic heterocycles. The first-order valence-electron chi connectivity index (χ1n) is 19.5. The van der Waals surface area contributed by atoms with Gasteiger partial charge in [-0.1, -0.05) is 55.6 Å². The molecule has 0 aliphatic rings. The zero-order valence-corrected chi connectivity index (χ0v) is 33.6. The van der Waals surface area contributed by atoms with Crippen molar-refractivity contribution in [2.45, 2.75) is 71.0 Å². The second-order valence-electron chi connectivity index (χ2n) is 13.3. The van der Waals surface area contributed by atoms with Crippen molar-refractivity contribution in [3.05, 3.63) is 109 Å². The van der Waals surface area contributed by atoms with Crippen LogP contribution in [0.4, 0.5) is 4.79 Å². The van der Waals surface area contributed by atoms with Crippen LogP contribution in [0.25, 0.3) is 0 Å². The van der Waals surface area contributed by atoms with Crippen LogP contribution in [0.1, 0.15) is 52.4 Å². The smallest absolute Gasteiger partial charge is 0.407 e. The molecule has 1 amide bonds. The van der Waals surface area contributed by atoms with Crippen LogP contribution in [-0.4, -0.2) is 94.5 Å². The van der Waals surface area contributed by atoms with E-state index in [0.29, 0.717) is 73.1 Å². The summed E-state index contributed by atoms with van der Waals surface area (Å²) in [6.07, 6.45) is 0.956. The van der Waals surface area contributed by atoms with E-state index in [4.69, 9.17) is 37.9 Å². The van der Waals surface area contributed by atoms with Crippen LogP contribution in [0.5, 0.6) is 23.0 Å². The van der Waals surface area contributed by atoms with Crippen molar-refractivity contribution in [1.29, 1.82) is 0 Å². The number of rotatable bonds is 30. The summed E-state index contributed by atoms with van der Waals surface area (Å²) in [7, 11) is 0. The Bertz CT molecular complexity index is 1660. The molecule has 0 fully saturated rings. The molecule has 3 aromatic carbocycles. The molecule has 0 bridgehead atoms. The minimum atomic E-state index is -1.28. The molecule has 58 heavy (non-hydrogen) atoms. The van der Waals surface area contributed by atoms with Crippen molar-refractivity contribution in [1.82, 2.24) is 10.6 Å². The average molecular weight is 807 g/mol. The first kappa shape index (κ1) is 46.8. The van der Waals surface area contributed by atoms with E-state index >= 15 is 0 Å². The van der Waals surface area contributed by atoms with E-state index in [1.807, 2.05) is 48.5 Å². The van der Waals surface area contributed by atoms with Gasteiger partial charge in [0.05, 0.1) is 13.2 Å². The molecule has 3 atom stereocenters. The van der Waals surface area contributed by atoms with Gasteiger partial charge in [-0.25, -0.2) is 14.4 Å². The van der Waals surface area contributed by atoms with Crippen LogP contribution >= 0.6 is 0 Å². The molecule has 14 nitrogen and oxygen atoms in total. The van der Waals surface area contributed by atoms with Crippen molar-refractivity contribution in [3.8, 4) is 23.0 Å². The standard InChI is InChI=1S/C44H58N2O12/c1-33(2)41(47)51-26-15-7-13-24-45-43(49)57-39(29-53-35-18-9-5-10-19-35)31-55-37-22-17-23-38(28-37)56-32-40(30-54-36-20-11-6-12-21-36)58-44(50)46-25-14-8-16-27-52-42(48)34(3)4/h5-6,9-12,17-23,28,39-40,43,45,49H,1,3,7-8,13-16,24-27,29-32H2,2,4H3,(H,46,50). The Hall–Kier alpha value is -5.57. The fourth-order valence-electron chi connectivity index (χ4n) is 4.91. The predicted molar refractivity (Wildman–Crippen MR) is 218 cm³/mol. The number of ether oxygens (including phenoxy) is 8. The molecule has 0 spiro atoms. The van der Waals surface area contributed by atoms with Gasteiger partial charge in [-0.15, -0.1) is 0 Å². The van der Waals surface area contributed by atoms with Crippen molar-refractivity contribution in [3.63, 3.8) is 0 Å². The van der Waals surface area contributed by atoms with Crippen LogP contribution in [0, 0.1) is 0 Å². The monoisotopic (exact) mass is 806 g/mol. The lowest BCUT2D eigenvalue weighted by Gasteiger charge is -2.23. The Morgan fingerprint density at radius 2 is 1.03 bits per heavy atom. The van der Waals surface area contributed by atoms with Crippen molar-refractivity contribution >= 4 is 18.0 Å². The van der Waals surface area contributed by atoms with Gasteiger partial charge in [0, 0.05) is 23.8 Å². The number of alkyl carbamates (subject to hydrolysis) is 1. The van der Waals surface area contributed by atoms with E-state index in [0.717, 1.165) is 19.3 Å². The molecule has 14 heteroatoms. The summed E-state index contributed by atoms with van der Waals surface area (Å²) < 4.78 is 45.6. The molecule has 0 saturated heterocycles. The van der Waals surface area contributed by atoms with Crippen LogP contribution in [0.3, 0.4) is 0 Å². The number of esters is 2. The molecule has 0 heterocycles. The lowest BCUT2D eigenvalue weighted by atomic mass is 10.2. The summed E-state index contributed by atoms with van der Waals surface area (Å²) in [5, 5.41) is 16.3. The first-order chi connectivity index (χ1) is 28.1. The van der Waals surface area contributed by atoms with Crippen molar-refractivity contribution in [2.24, 2.45) is 0 Å². The molecule has 0 saturated carbocycles. The minimum absolute atomic E-state index is 0.00799. The third-order valence-electron chi connectivity index (χ3n) is 8.02. The van der Waals surface area contributed by atoms with E-state index in [1.165, 1.54) is 0 Å². The zero-order valence-electron chi connectivity index (χ0n) is 33.6. The highest BCUT2D eigenvalue weighted by Gasteiger charge is 2.19. The van der Waals surface area contributed by atoms with Crippen LogP contribution in [0.2, 0.25) is 0 Å². The SMILES string of the molecule is C=C(C)C(=O)OCCCCCNC(=O)OC(COc1ccccc1)COc1cccc(OCC(COc2ccccc2)OC(O)NCCCCCOC(=O)C(=C)C)c1. The topological polar surface area (TPSA) is 169 Å². The Morgan fingerprint density at radius 1 is 0.586 bits per heavy atom. The summed E-state index contributed by atoms with van der Waals surface area (Å²) >= 11 is 0. The number of aliphatic hydroxyl groups is 1. The maximum absolute atomic E-state index is 12.7. The molecular weight excluding hydrogens is 748 g/mol. The Kier molecular flexibility index (Phi) is 22.5. The predicted octanol–water partition coefficient (Wildman–Crippen LogP) is 6.53. The number of carbonyl (C=O) groups excluding carboxylic acids is 3. The fourth-order valence-corrected chi connectivity index (χ4v) is 4.91. The normalized spacial score (nSPS) is 12.3. The highest BCUT2D eigenvalue weighted by Crippen LogP contribution is 2.21. The Labute approximate surface area is 341 Å². The second-order valence-corrected chi connectivity index (χ2v) is 13.3. The second kappa shape index (κ2) is 27.9. The van der Waals surface area contributed by atoms with Crippen molar-refractivity contribution < 1.29 is 57.4 Å². The molecule has 3 N–H and O–H groups in total. The first-order valence-corrected chi connectivity index (χ1v) is 19.5. The van der Waals surface area contributed by atoms with Gasteiger partial charge in [0.2, 0.25) is 6.41 Å². The van der Waals surface area contributed by atoms with Gasteiger partial charge in [0.25, 0.3) is 0 Å². The number of aliphatic hydroxyl groups excluding tert-OH is 1. The lowest BCUT2D eigenvalue weighted by Crippen LogP contribution is -2.40. The van der Waals surface area contributed by atoms with E-state index < -0.39 is 36.7 Å². The number of nitrogens with one attached hydrogen (secondary N) is 2. The Morgan fingerprint density at radius 3 is 1.53 bits per heavy atom. The van der Waals surface area contributed by atoms with Gasteiger partial charge in [0.15, 0.2) is 6.10 Å². The minimum Gasteiger partial charge on any atom is -0.491 e. The van der Waals surface area contributed by atoms with E-state index in [2.05, 4.69) is 23.8 Å². The summed E-state index contributed by atoms with van der Waals surface area (Å²) in [4.78, 5) is 35.7. The van der Waals surface area contributed by atoms with Gasteiger partial charge in [-0.3, -0.25) is 5.32 Å². The van der Waals surface area contributed by atoms with E-state index in [9.17, 15) is 19.5 Å². The van der Waals surface area contributed by atoms with Crippen LogP contribution < -0.4 is 29.6 Å². The van der Waals surface area contributed by atoms with E-state index in [-0.39, 0.29) is 33.0 Å². The fraction of sp³-hybridized carbons (Fsp3) is 0.432. The van der Waals surface area contributed by atoms with E-state index in [1.54, 1.807) is 50.2 Å². The number of hydrogen-bond donors (Lipinski definition) is 3. The number of carbonyl (C=O) groups is 3. The number of unbranched alkanes of at least 4 members (excludes halogenated alkanes) is 4. The maximum atomic E-state index is 12.7. The number of amides is 1. The quantitative estimate of drug-likeness (QED) is 0.0219. The van der Waals surface area contributed by atoms with Gasteiger partial charge in [-0.2, -0.15) is 0 Å². The third kappa shape index (κ3) is 21.1. The summed E-state index contributed by atoms with van der Waals surface area (Å²) in [6, 6.07) is 25.4.